The van der Waals surface area contributed by atoms with E-state index in [-0.39, 0.29) is 12.5 Å². The zero-order chi connectivity index (χ0) is 14.2. The highest BCUT2D eigenvalue weighted by Gasteiger charge is 2.18. The van der Waals surface area contributed by atoms with Gasteiger partial charge in [0, 0.05) is 55.9 Å². The van der Waals surface area contributed by atoms with Crippen molar-refractivity contribution in [2.45, 2.75) is 25.0 Å². The molecule has 0 spiro atoms. The fourth-order valence-electron chi connectivity index (χ4n) is 2.16. The fourth-order valence-corrected chi connectivity index (χ4v) is 2.80. The van der Waals surface area contributed by atoms with Crippen molar-refractivity contribution in [3.05, 3.63) is 18.0 Å². The molecule has 20 heavy (non-hydrogen) atoms. The Kier molecular flexibility index (Phi) is 6.72. The Morgan fingerprint density at radius 1 is 1.45 bits per heavy atom. The lowest BCUT2D eigenvalue weighted by molar-refractivity contribution is 0.0958. The Morgan fingerprint density at radius 3 is 2.95 bits per heavy atom. The number of hydrogen-bond donors (Lipinski definition) is 1. The summed E-state index contributed by atoms with van der Waals surface area (Å²) in [6.07, 6.45) is 4.95. The maximum atomic E-state index is 9.28. The maximum absolute atomic E-state index is 9.28. The van der Waals surface area contributed by atoms with Gasteiger partial charge in [-0.2, -0.15) is 0 Å². The normalized spacial score (nSPS) is 20.8. The lowest BCUT2D eigenvalue weighted by atomic mass is 10.1. The van der Waals surface area contributed by atoms with Gasteiger partial charge < -0.3 is 9.84 Å². The zero-order valence-corrected chi connectivity index (χ0v) is 12.8. The van der Waals surface area contributed by atoms with Crippen molar-refractivity contribution in [2.24, 2.45) is 5.92 Å². The molecule has 1 aliphatic rings. The molecule has 0 aliphatic carbocycles. The van der Waals surface area contributed by atoms with Crippen molar-refractivity contribution < 1.29 is 9.84 Å². The topological polar surface area (TPSA) is 58.5 Å². The van der Waals surface area contributed by atoms with Gasteiger partial charge in [0.15, 0.2) is 5.16 Å². The third-order valence-electron chi connectivity index (χ3n) is 3.20. The van der Waals surface area contributed by atoms with Crippen LogP contribution in [-0.4, -0.2) is 58.6 Å². The number of ether oxygens (including phenoxy) is 1. The Labute approximate surface area is 124 Å². The highest BCUT2D eigenvalue weighted by atomic mass is 32.2. The molecule has 0 aromatic carbocycles. The van der Waals surface area contributed by atoms with E-state index in [2.05, 4.69) is 21.8 Å². The van der Waals surface area contributed by atoms with Gasteiger partial charge in [0.2, 0.25) is 0 Å². The number of aromatic nitrogens is 2. The van der Waals surface area contributed by atoms with E-state index in [0.717, 1.165) is 49.1 Å². The number of nitrogens with zero attached hydrogens (tertiary/aromatic N) is 3. The average Bonchev–Trinajstić information content (AvgIpc) is 2.71. The van der Waals surface area contributed by atoms with Crippen LogP contribution in [0.4, 0.5) is 0 Å². The first kappa shape index (κ1) is 15.7. The third kappa shape index (κ3) is 5.01. The van der Waals surface area contributed by atoms with Crippen molar-refractivity contribution in [1.82, 2.24) is 14.9 Å². The van der Waals surface area contributed by atoms with E-state index >= 15 is 0 Å². The molecule has 1 fully saturated rings. The second-order valence-corrected chi connectivity index (χ2v) is 6.14. The molecule has 2 rings (SSSR count). The molecular formula is C14H23N3O2S. The molecule has 1 aromatic heterocycles. The molecule has 1 unspecified atom stereocenters. The van der Waals surface area contributed by atoms with Crippen molar-refractivity contribution in [1.29, 1.82) is 0 Å². The van der Waals surface area contributed by atoms with Crippen LogP contribution in [0.5, 0.6) is 0 Å². The number of rotatable bonds is 6. The first-order valence-electron chi connectivity index (χ1n) is 7.16. The largest absolute Gasteiger partial charge is 0.396 e. The smallest absolute Gasteiger partial charge is 0.187 e. The molecular weight excluding hydrogens is 274 g/mol. The summed E-state index contributed by atoms with van der Waals surface area (Å²) in [5.74, 6) is 1.26. The molecule has 1 N–H and O–H groups in total. The molecule has 5 nitrogen and oxygen atoms in total. The molecule has 1 saturated heterocycles. The number of thioether (sulfide) groups is 1. The molecule has 2 heterocycles. The highest BCUT2D eigenvalue weighted by molar-refractivity contribution is 7.99. The summed E-state index contributed by atoms with van der Waals surface area (Å²) in [5, 5.41) is 10.1. The first-order valence-corrected chi connectivity index (χ1v) is 8.15. The molecule has 1 aromatic rings. The van der Waals surface area contributed by atoms with Gasteiger partial charge in [0.1, 0.15) is 0 Å². The van der Waals surface area contributed by atoms with Gasteiger partial charge in [-0.05, 0) is 6.42 Å². The van der Waals surface area contributed by atoms with Gasteiger partial charge >= 0.3 is 0 Å². The quantitative estimate of drug-likeness (QED) is 0.633. The Bertz CT molecular complexity index is 389. The summed E-state index contributed by atoms with van der Waals surface area (Å²) in [5.41, 5.74) is 1.12. The maximum Gasteiger partial charge on any atom is 0.187 e. The molecule has 0 saturated carbocycles. The summed E-state index contributed by atoms with van der Waals surface area (Å²) in [6.45, 7) is 6.28. The Hall–Kier alpha value is -0.690. The Balaban J connectivity index is 1.88. The van der Waals surface area contributed by atoms with E-state index in [1.807, 2.05) is 12.4 Å². The van der Waals surface area contributed by atoms with E-state index in [9.17, 15) is 5.11 Å². The zero-order valence-electron chi connectivity index (χ0n) is 12.0. The lowest BCUT2D eigenvalue weighted by Gasteiger charge is -2.21. The predicted molar refractivity (Wildman–Crippen MR) is 79.7 cm³/mol. The molecule has 0 radical (unpaired) electrons. The van der Waals surface area contributed by atoms with Gasteiger partial charge in [-0.15, -0.1) is 0 Å². The summed E-state index contributed by atoms with van der Waals surface area (Å²) in [4.78, 5) is 11.1. The van der Waals surface area contributed by atoms with Crippen LogP contribution in [-0.2, 0) is 11.3 Å². The van der Waals surface area contributed by atoms with Crippen LogP contribution in [0, 0.1) is 5.92 Å². The minimum atomic E-state index is 0.180. The first-order chi connectivity index (χ1) is 9.81. The average molecular weight is 297 g/mol. The standard InChI is InChI=1S/C14H23N3O2S/c1-2-5-20-14-15-6-12(7-16-14)8-17-3-4-19-11-13(9-17)10-18/h6-7,13,18H,2-5,8-11H2,1H3. The van der Waals surface area contributed by atoms with Crippen molar-refractivity contribution >= 4 is 11.8 Å². The van der Waals surface area contributed by atoms with Crippen LogP contribution in [0.25, 0.3) is 0 Å². The van der Waals surface area contributed by atoms with E-state index < -0.39 is 0 Å². The predicted octanol–water partition coefficient (Wildman–Crippen LogP) is 1.42. The number of aliphatic hydroxyl groups is 1. The summed E-state index contributed by atoms with van der Waals surface area (Å²) in [6, 6.07) is 0. The minimum Gasteiger partial charge on any atom is -0.396 e. The van der Waals surface area contributed by atoms with E-state index in [1.54, 1.807) is 11.8 Å². The number of aliphatic hydroxyl groups excluding tert-OH is 1. The van der Waals surface area contributed by atoms with Gasteiger partial charge in [-0.3, -0.25) is 4.90 Å². The van der Waals surface area contributed by atoms with Crippen molar-refractivity contribution in [2.75, 3.05) is 38.7 Å². The summed E-state index contributed by atoms with van der Waals surface area (Å²) < 4.78 is 5.49. The second-order valence-electron chi connectivity index (χ2n) is 5.08. The van der Waals surface area contributed by atoms with Gasteiger partial charge in [-0.1, -0.05) is 18.7 Å². The Morgan fingerprint density at radius 2 is 2.25 bits per heavy atom. The monoisotopic (exact) mass is 297 g/mol. The summed E-state index contributed by atoms with van der Waals surface area (Å²) in [7, 11) is 0. The van der Waals surface area contributed by atoms with Crippen molar-refractivity contribution in [3.63, 3.8) is 0 Å². The fraction of sp³-hybridized carbons (Fsp3) is 0.714. The summed E-state index contributed by atoms with van der Waals surface area (Å²) >= 11 is 1.69. The van der Waals surface area contributed by atoms with E-state index in [0.29, 0.717) is 6.61 Å². The van der Waals surface area contributed by atoms with Gasteiger partial charge in [0.05, 0.1) is 13.2 Å². The SMILES string of the molecule is CCCSc1ncc(CN2CCOCC(CO)C2)cn1. The minimum absolute atomic E-state index is 0.180. The molecule has 6 heteroatoms. The molecule has 0 amide bonds. The van der Waals surface area contributed by atoms with Crippen molar-refractivity contribution in [3.8, 4) is 0 Å². The number of hydrogen-bond acceptors (Lipinski definition) is 6. The molecule has 1 aliphatic heterocycles. The molecule has 0 bridgehead atoms. The third-order valence-corrected chi connectivity index (χ3v) is 4.28. The van der Waals surface area contributed by atoms with Crippen LogP contribution in [0.3, 0.4) is 0 Å². The van der Waals surface area contributed by atoms with Gasteiger partial charge in [-0.25, -0.2) is 9.97 Å². The second kappa shape index (κ2) is 8.56. The van der Waals surface area contributed by atoms with Crippen LogP contribution < -0.4 is 0 Å². The molecule has 112 valence electrons. The van der Waals surface area contributed by atoms with E-state index in [4.69, 9.17) is 4.74 Å². The van der Waals surface area contributed by atoms with Crippen LogP contribution in [0.15, 0.2) is 17.6 Å². The van der Waals surface area contributed by atoms with Crippen LogP contribution in [0.1, 0.15) is 18.9 Å². The van der Waals surface area contributed by atoms with Crippen LogP contribution >= 0.6 is 11.8 Å². The van der Waals surface area contributed by atoms with E-state index in [1.165, 1.54) is 0 Å². The molecule has 1 atom stereocenters. The lowest BCUT2D eigenvalue weighted by Crippen LogP contribution is -2.31. The van der Waals surface area contributed by atoms with Crippen LogP contribution in [0.2, 0.25) is 0 Å². The highest BCUT2D eigenvalue weighted by Crippen LogP contribution is 2.14. The van der Waals surface area contributed by atoms with Gasteiger partial charge in [0.25, 0.3) is 0 Å².